The maximum Gasteiger partial charge on any atom is 0.250 e. The van der Waals surface area contributed by atoms with Crippen molar-refractivity contribution in [2.45, 2.75) is 31.6 Å². The van der Waals surface area contributed by atoms with E-state index < -0.39 is 9.84 Å². The summed E-state index contributed by atoms with van der Waals surface area (Å²) >= 11 is 14.0. The lowest BCUT2D eigenvalue weighted by Crippen LogP contribution is -2.38. The molecular weight excluding hydrogens is 403 g/mol. The van der Waals surface area contributed by atoms with E-state index >= 15 is 0 Å². The van der Waals surface area contributed by atoms with E-state index in [0.717, 1.165) is 0 Å². The van der Waals surface area contributed by atoms with E-state index in [0.29, 0.717) is 27.3 Å². The Hall–Kier alpha value is -0.760. The Labute approximate surface area is 161 Å². The molecular formula is C16H18Cl2N2O3S2. The van der Waals surface area contributed by atoms with Crippen molar-refractivity contribution in [1.82, 2.24) is 0 Å². The number of sulfone groups is 1. The predicted octanol–water partition coefficient (Wildman–Crippen LogP) is 3.64. The van der Waals surface area contributed by atoms with E-state index in [2.05, 4.69) is 4.99 Å². The van der Waals surface area contributed by atoms with Crippen LogP contribution in [0, 0.1) is 5.92 Å². The molecule has 0 aliphatic carbocycles. The van der Waals surface area contributed by atoms with Gasteiger partial charge in [-0.05, 0) is 18.6 Å². The summed E-state index contributed by atoms with van der Waals surface area (Å²) < 4.78 is 24.1. The highest BCUT2D eigenvalue weighted by molar-refractivity contribution is 8.16. The highest BCUT2D eigenvalue weighted by Gasteiger charge is 2.50. The Balaban J connectivity index is 2.07. The molecule has 0 saturated carbocycles. The molecule has 0 N–H and O–H groups in total. The minimum Gasteiger partial charge on any atom is -0.313 e. The van der Waals surface area contributed by atoms with Gasteiger partial charge < -0.3 is 4.90 Å². The Morgan fingerprint density at radius 1 is 1.36 bits per heavy atom. The molecule has 136 valence electrons. The second-order valence-electron chi connectivity index (χ2n) is 6.28. The number of rotatable bonds is 3. The molecule has 1 aromatic rings. The van der Waals surface area contributed by atoms with Gasteiger partial charge in [-0.25, -0.2) is 8.42 Å². The van der Waals surface area contributed by atoms with Gasteiger partial charge in [0, 0.05) is 11.2 Å². The summed E-state index contributed by atoms with van der Waals surface area (Å²) in [5, 5.41) is 1.11. The first-order valence-corrected chi connectivity index (χ1v) is 11.4. The van der Waals surface area contributed by atoms with Gasteiger partial charge in [0.25, 0.3) is 5.91 Å². The third kappa shape index (κ3) is 3.70. The van der Waals surface area contributed by atoms with E-state index in [1.165, 1.54) is 11.8 Å². The van der Waals surface area contributed by atoms with Crippen LogP contribution >= 0.6 is 35.0 Å². The lowest BCUT2D eigenvalue weighted by molar-refractivity contribution is -0.121. The van der Waals surface area contributed by atoms with Gasteiger partial charge in [-0.15, -0.1) is 0 Å². The number of anilines is 1. The van der Waals surface area contributed by atoms with Crippen molar-refractivity contribution in [3.63, 3.8) is 0 Å². The van der Waals surface area contributed by atoms with Gasteiger partial charge in [0.2, 0.25) is 0 Å². The van der Waals surface area contributed by atoms with E-state index in [4.69, 9.17) is 23.2 Å². The summed E-state index contributed by atoms with van der Waals surface area (Å²) in [4.78, 5) is 18.3. The molecule has 0 radical (unpaired) electrons. The third-order valence-corrected chi connectivity index (χ3v) is 8.30. The number of halogens is 2. The summed E-state index contributed by atoms with van der Waals surface area (Å²) in [5.41, 5.74) is 0.513. The standard InChI is InChI=1S/C16H18Cl2N2O3S2/c1-3-9(2)15(21)19-16-20(14-10(17)5-4-6-11(14)18)12-7-25(22,23)8-13(12)24-16/h4-6,9,12-13H,3,7-8H2,1-2H3/t9-,12+,13+/m1/s1. The summed E-state index contributed by atoms with van der Waals surface area (Å²) in [5.74, 6) is -0.345. The van der Waals surface area contributed by atoms with Crippen molar-refractivity contribution in [2.24, 2.45) is 10.9 Å². The number of carbonyl (C=O) groups is 1. The van der Waals surface area contributed by atoms with E-state index in [-0.39, 0.29) is 34.6 Å². The molecule has 3 atom stereocenters. The first kappa shape index (κ1) is 19.0. The molecule has 0 bridgehead atoms. The number of thioether (sulfide) groups is 1. The van der Waals surface area contributed by atoms with Crippen molar-refractivity contribution in [3.8, 4) is 0 Å². The smallest absolute Gasteiger partial charge is 0.250 e. The maximum absolute atomic E-state index is 12.3. The molecule has 1 amide bonds. The van der Waals surface area contributed by atoms with Crippen LogP contribution in [0.15, 0.2) is 23.2 Å². The number of aliphatic imine (C=N–C) groups is 1. The number of hydrogen-bond acceptors (Lipinski definition) is 4. The van der Waals surface area contributed by atoms with Crippen molar-refractivity contribution < 1.29 is 13.2 Å². The van der Waals surface area contributed by atoms with Crippen LogP contribution in [0.4, 0.5) is 5.69 Å². The van der Waals surface area contributed by atoms with Crippen LogP contribution in [0.3, 0.4) is 0 Å². The van der Waals surface area contributed by atoms with Crippen molar-refractivity contribution in [3.05, 3.63) is 28.2 Å². The quantitative estimate of drug-likeness (QED) is 0.746. The van der Waals surface area contributed by atoms with Gasteiger partial charge in [-0.3, -0.25) is 4.79 Å². The monoisotopic (exact) mass is 420 g/mol. The molecule has 2 heterocycles. The normalized spacial score (nSPS) is 27.5. The molecule has 2 fully saturated rings. The molecule has 0 spiro atoms. The fourth-order valence-corrected chi connectivity index (χ4v) is 7.41. The van der Waals surface area contributed by atoms with Crippen LogP contribution in [-0.4, -0.2) is 42.3 Å². The molecule has 2 saturated heterocycles. The largest absolute Gasteiger partial charge is 0.313 e. The summed E-state index contributed by atoms with van der Waals surface area (Å²) in [6.45, 7) is 3.75. The zero-order valence-corrected chi connectivity index (χ0v) is 16.9. The summed E-state index contributed by atoms with van der Waals surface area (Å²) in [6.07, 6.45) is 0.689. The van der Waals surface area contributed by atoms with Gasteiger partial charge >= 0.3 is 0 Å². The lowest BCUT2D eigenvalue weighted by Gasteiger charge is -2.26. The highest BCUT2D eigenvalue weighted by atomic mass is 35.5. The fraction of sp³-hybridized carbons (Fsp3) is 0.500. The number of hydrogen-bond donors (Lipinski definition) is 0. The van der Waals surface area contributed by atoms with Crippen LogP contribution in [0.25, 0.3) is 0 Å². The first-order chi connectivity index (χ1) is 11.7. The molecule has 2 aliphatic rings. The second kappa shape index (κ2) is 7.10. The van der Waals surface area contributed by atoms with Crippen molar-refractivity contribution >= 4 is 61.6 Å². The molecule has 0 aromatic heterocycles. The molecule has 0 unspecified atom stereocenters. The third-order valence-electron chi connectivity index (χ3n) is 4.48. The predicted molar refractivity (Wildman–Crippen MR) is 105 cm³/mol. The first-order valence-electron chi connectivity index (χ1n) is 7.96. The topological polar surface area (TPSA) is 66.8 Å². The van der Waals surface area contributed by atoms with Gasteiger partial charge in [-0.2, -0.15) is 4.99 Å². The number of carbonyl (C=O) groups excluding carboxylic acids is 1. The average Bonchev–Trinajstić information content (AvgIpc) is 2.98. The Bertz CT molecular complexity index is 822. The second-order valence-corrected chi connectivity index (χ2v) is 10.5. The van der Waals surface area contributed by atoms with E-state index in [1.807, 2.05) is 13.8 Å². The minimum absolute atomic E-state index is 0.00274. The molecule has 9 heteroatoms. The Morgan fingerprint density at radius 2 is 2.00 bits per heavy atom. The summed E-state index contributed by atoms with van der Waals surface area (Å²) in [6, 6.07) is 4.79. The number of para-hydroxylation sites is 1. The average molecular weight is 421 g/mol. The minimum atomic E-state index is -3.13. The van der Waals surface area contributed by atoms with Crippen LogP contribution < -0.4 is 4.90 Å². The van der Waals surface area contributed by atoms with E-state index in [9.17, 15) is 13.2 Å². The maximum atomic E-state index is 12.3. The van der Waals surface area contributed by atoms with Crippen LogP contribution in [0.2, 0.25) is 10.0 Å². The number of nitrogens with zero attached hydrogens (tertiary/aromatic N) is 2. The van der Waals surface area contributed by atoms with Gasteiger partial charge in [0.1, 0.15) is 0 Å². The fourth-order valence-electron chi connectivity index (χ4n) is 2.92. The SMILES string of the molecule is CC[C@@H](C)C(=O)N=C1S[C@H]2CS(=O)(=O)C[C@@H]2N1c1c(Cl)cccc1Cl. The Morgan fingerprint density at radius 3 is 2.60 bits per heavy atom. The van der Waals surface area contributed by atoms with Crippen molar-refractivity contribution in [2.75, 3.05) is 16.4 Å². The zero-order valence-electron chi connectivity index (χ0n) is 13.8. The lowest BCUT2D eigenvalue weighted by atomic mass is 10.1. The molecule has 5 nitrogen and oxygen atoms in total. The number of benzene rings is 1. The van der Waals surface area contributed by atoms with Gasteiger partial charge in [0.05, 0.1) is 33.3 Å². The molecule has 25 heavy (non-hydrogen) atoms. The van der Waals surface area contributed by atoms with Crippen LogP contribution in [0.1, 0.15) is 20.3 Å². The molecule has 2 aliphatic heterocycles. The summed E-state index contributed by atoms with van der Waals surface area (Å²) in [7, 11) is -3.13. The van der Waals surface area contributed by atoms with Crippen molar-refractivity contribution in [1.29, 1.82) is 0 Å². The van der Waals surface area contributed by atoms with Gasteiger partial charge in [0.15, 0.2) is 15.0 Å². The zero-order chi connectivity index (χ0) is 18.4. The van der Waals surface area contributed by atoms with Crippen LogP contribution in [-0.2, 0) is 14.6 Å². The van der Waals surface area contributed by atoms with Crippen LogP contribution in [0.5, 0.6) is 0 Å². The highest BCUT2D eigenvalue weighted by Crippen LogP contribution is 2.45. The number of amides is 1. The number of fused-ring (bicyclic) bond motifs is 1. The number of amidine groups is 1. The molecule has 1 aromatic carbocycles. The van der Waals surface area contributed by atoms with Gasteiger partial charge in [-0.1, -0.05) is 54.9 Å². The molecule has 3 rings (SSSR count). The van der Waals surface area contributed by atoms with E-state index in [1.54, 1.807) is 23.1 Å². The Kier molecular flexibility index (Phi) is 5.40.